The van der Waals surface area contributed by atoms with Crippen molar-refractivity contribution in [3.8, 4) is 0 Å². The maximum absolute atomic E-state index is 11.6. The molecule has 2 saturated heterocycles. The molecule has 0 aromatic rings. The highest BCUT2D eigenvalue weighted by atomic mass is 16.6. The van der Waals surface area contributed by atoms with Gasteiger partial charge in [-0.25, -0.2) is 0 Å². The van der Waals surface area contributed by atoms with Gasteiger partial charge >= 0.3 is 5.97 Å². The summed E-state index contributed by atoms with van der Waals surface area (Å²) in [5.74, 6) is -0.0756. The van der Waals surface area contributed by atoms with Crippen LogP contribution in [0.3, 0.4) is 0 Å². The Bertz CT molecular complexity index is 308. The molecule has 0 saturated carbocycles. The van der Waals surface area contributed by atoms with Crippen molar-refractivity contribution in [2.24, 2.45) is 5.41 Å². The third-order valence-corrected chi connectivity index (χ3v) is 4.01. The number of carbonyl (C=O) groups is 1. The van der Waals surface area contributed by atoms with Crippen molar-refractivity contribution in [2.45, 2.75) is 52.1 Å². The third kappa shape index (κ3) is 4.46. The molecule has 0 radical (unpaired) electrons. The van der Waals surface area contributed by atoms with Gasteiger partial charge in [-0.3, -0.25) is 4.79 Å². The van der Waals surface area contributed by atoms with Gasteiger partial charge in [-0.2, -0.15) is 0 Å². The van der Waals surface area contributed by atoms with Gasteiger partial charge in [0.25, 0.3) is 0 Å². The number of carbonyl (C=O) groups excluding carboxylic acids is 1. The van der Waals surface area contributed by atoms with Crippen molar-refractivity contribution in [1.29, 1.82) is 0 Å². The highest BCUT2D eigenvalue weighted by Crippen LogP contribution is 2.38. The van der Waals surface area contributed by atoms with E-state index in [1.54, 1.807) is 0 Å². The second-order valence-electron chi connectivity index (χ2n) is 7.02. The molecule has 2 rings (SSSR count). The number of rotatable bonds is 4. The minimum atomic E-state index is -0.362. The number of hydrogen-bond acceptors (Lipinski definition) is 4. The van der Waals surface area contributed by atoms with E-state index in [0.717, 1.165) is 39.3 Å². The van der Waals surface area contributed by atoms with E-state index in [0.29, 0.717) is 11.8 Å². The SMILES string of the molecule is CC(C)(C)OC(=O)CCCN1CCC2(CC1)COC2. The molecule has 2 aliphatic heterocycles. The van der Waals surface area contributed by atoms with Crippen molar-refractivity contribution in [3.05, 3.63) is 0 Å². The standard InChI is InChI=1S/C15H27NO3/c1-14(2,3)19-13(17)5-4-8-16-9-6-15(7-10-16)11-18-12-15/h4-12H2,1-3H3. The fourth-order valence-electron chi connectivity index (χ4n) is 2.77. The largest absolute Gasteiger partial charge is 0.460 e. The smallest absolute Gasteiger partial charge is 0.306 e. The van der Waals surface area contributed by atoms with E-state index in [9.17, 15) is 4.79 Å². The van der Waals surface area contributed by atoms with Crippen LogP contribution in [-0.4, -0.2) is 49.3 Å². The zero-order valence-electron chi connectivity index (χ0n) is 12.5. The predicted molar refractivity (Wildman–Crippen MR) is 74.0 cm³/mol. The Balaban J connectivity index is 1.58. The van der Waals surface area contributed by atoms with E-state index < -0.39 is 0 Å². The summed E-state index contributed by atoms with van der Waals surface area (Å²) in [4.78, 5) is 14.1. The van der Waals surface area contributed by atoms with E-state index in [-0.39, 0.29) is 11.6 Å². The van der Waals surface area contributed by atoms with Crippen LogP contribution >= 0.6 is 0 Å². The maximum Gasteiger partial charge on any atom is 0.306 e. The molecule has 0 amide bonds. The minimum Gasteiger partial charge on any atom is -0.460 e. The molecule has 4 heteroatoms. The Morgan fingerprint density at radius 1 is 1.26 bits per heavy atom. The molecule has 4 nitrogen and oxygen atoms in total. The lowest BCUT2D eigenvalue weighted by atomic mass is 9.77. The zero-order chi connectivity index (χ0) is 13.9. The summed E-state index contributed by atoms with van der Waals surface area (Å²) in [6, 6.07) is 0. The first-order valence-electron chi connectivity index (χ1n) is 7.41. The Morgan fingerprint density at radius 3 is 2.37 bits per heavy atom. The van der Waals surface area contributed by atoms with Crippen LogP contribution in [0.4, 0.5) is 0 Å². The summed E-state index contributed by atoms with van der Waals surface area (Å²) < 4.78 is 10.6. The van der Waals surface area contributed by atoms with Gasteiger partial charge in [0.05, 0.1) is 13.2 Å². The van der Waals surface area contributed by atoms with Gasteiger partial charge in [-0.15, -0.1) is 0 Å². The lowest BCUT2D eigenvalue weighted by Crippen LogP contribution is -2.50. The minimum absolute atomic E-state index is 0.0756. The molecule has 110 valence electrons. The van der Waals surface area contributed by atoms with Gasteiger partial charge in [0, 0.05) is 11.8 Å². The summed E-state index contributed by atoms with van der Waals surface area (Å²) in [6.07, 6.45) is 3.93. The Morgan fingerprint density at radius 2 is 1.89 bits per heavy atom. The van der Waals surface area contributed by atoms with Gasteiger partial charge < -0.3 is 14.4 Å². The van der Waals surface area contributed by atoms with Crippen molar-refractivity contribution in [2.75, 3.05) is 32.8 Å². The van der Waals surface area contributed by atoms with Crippen LogP contribution in [-0.2, 0) is 14.3 Å². The molecule has 0 aliphatic carbocycles. The summed E-state index contributed by atoms with van der Waals surface area (Å²) in [5, 5.41) is 0. The Labute approximate surface area is 116 Å². The van der Waals surface area contributed by atoms with Crippen LogP contribution in [0, 0.1) is 5.41 Å². The third-order valence-electron chi connectivity index (χ3n) is 4.01. The molecule has 0 aromatic carbocycles. The Hall–Kier alpha value is -0.610. The number of likely N-dealkylation sites (tertiary alicyclic amines) is 1. The highest BCUT2D eigenvalue weighted by Gasteiger charge is 2.40. The topological polar surface area (TPSA) is 38.8 Å². The zero-order valence-corrected chi connectivity index (χ0v) is 12.5. The van der Waals surface area contributed by atoms with Crippen molar-refractivity contribution in [3.63, 3.8) is 0 Å². The van der Waals surface area contributed by atoms with Gasteiger partial charge in [0.1, 0.15) is 5.60 Å². The molecular formula is C15H27NO3. The molecule has 0 N–H and O–H groups in total. The van der Waals surface area contributed by atoms with E-state index in [2.05, 4.69) is 4.90 Å². The van der Waals surface area contributed by atoms with E-state index in [4.69, 9.17) is 9.47 Å². The number of piperidine rings is 1. The van der Waals surface area contributed by atoms with Crippen LogP contribution in [0.5, 0.6) is 0 Å². The lowest BCUT2D eigenvalue weighted by Gasteiger charge is -2.47. The van der Waals surface area contributed by atoms with E-state index >= 15 is 0 Å². The number of esters is 1. The predicted octanol–water partition coefficient (Wildman–Crippen LogP) is 2.22. The molecule has 0 bridgehead atoms. The normalized spacial score (nSPS) is 23.1. The second kappa shape index (κ2) is 5.80. The molecule has 0 unspecified atom stereocenters. The first kappa shape index (κ1) is 14.8. The van der Waals surface area contributed by atoms with E-state index in [1.807, 2.05) is 20.8 Å². The molecule has 0 aromatic heterocycles. The van der Waals surface area contributed by atoms with Crippen molar-refractivity contribution in [1.82, 2.24) is 4.90 Å². The molecule has 1 spiro atoms. The summed E-state index contributed by atoms with van der Waals surface area (Å²) in [7, 11) is 0. The van der Waals surface area contributed by atoms with Gasteiger partial charge in [-0.05, 0) is 59.7 Å². The first-order valence-corrected chi connectivity index (χ1v) is 7.41. The second-order valence-corrected chi connectivity index (χ2v) is 7.02. The van der Waals surface area contributed by atoms with Gasteiger partial charge in [0.15, 0.2) is 0 Å². The molecular weight excluding hydrogens is 242 g/mol. The van der Waals surface area contributed by atoms with Gasteiger partial charge in [-0.1, -0.05) is 0 Å². The number of hydrogen-bond donors (Lipinski definition) is 0. The van der Waals surface area contributed by atoms with Crippen LogP contribution in [0.25, 0.3) is 0 Å². The van der Waals surface area contributed by atoms with Crippen LogP contribution < -0.4 is 0 Å². The lowest BCUT2D eigenvalue weighted by molar-refractivity contribution is -0.155. The quantitative estimate of drug-likeness (QED) is 0.734. The van der Waals surface area contributed by atoms with Crippen LogP contribution in [0.1, 0.15) is 46.5 Å². The molecule has 19 heavy (non-hydrogen) atoms. The fourth-order valence-corrected chi connectivity index (χ4v) is 2.77. The maximum atomic E-state index is 11.6. The number of ether oxygens (including phenoxy) is 2. The van der Waals surface area contributed by atoms with Crippen LogP contribution in [0.15, 0.2) is 0 Å². The number of nitrogens with zero attached hydrogens (tertiary/aromatic N) is 1. The van der Waals surface area contributed by atoms with Gasteiger partial charge in [0.2, 0.25) is 0 Å². The average Bonchev–Trinajstić information content (AvgIpc) is 2.25. The highest BCUT2D eigenvalue weighted by molar-refractivity contribution is 5.69. The molecule has 2 heterocycles. The Kier molecular flexibility index (Phi) is 4.51. The summed E-state index contributed by atoms with van der Waals surface area (Å²) in [5.41, 5.74) is 0.139. The van der Waals surface area contributed by atoms with Crippen molar-refractivity contribution < 1.29 is 14.3 Å². The molecule has 2 fully saturated rings. The fraction of sp³-hybridized carbons (Fsp3) is 0.933. The molecule has 0 atom stereocenters. The summed E-state index contributed by atoms with van der Waals surface area (Å²) >= 11 is 0. The monoisotopic (exact) mass is 269 g/mol. The van der Waals surface area contributed by atoms with E-state index in [1.165, 1.54) is 12.8 Å². The van der Waals surface area contributed by atoms with Crippen LogP contribution in [0.2, 0.25) is 0 Å². The van der Waals surface area contributed by atoms with Crippen molar-refractivity contribution >= 4 is 5.97 Å². The average molecular weight is 269 g/mol. The molecule has 2 aliphatic rings. The summed E-state index contributed by atoms with van der Waals surface area (Å²) in [6.45, 7) is 11.0. The first-order chi connectivity index (χ1) is 8.89.